The van der Waals surface area contributed by atoms with E-state index in [0.717, 1.165) is 5.56 Å². The van der Waals surface area contributed by atoms with Gasteiger partial charge in [0.05, 0.1) is 29.4 Å². The van der Waals surface area contributed by atoms with Gasteiger partial charge >= 0.3 is 23.9 Å². The number of esters is 4. The van der Waals surface area contributed by atoms with Crippen LogP contribution in [0.15, 0.2) is 97.1 Å². The van der Waals surface area contributed by atoms with Crippen molar-refractivity contribution in [1.82, 2.24) is 0 Å². The zero-order chi connectivity index (χ0) is 27.1. The zero-order valence-corrected chi connectivity index (χ0v) is 20.5. The summed E-state index contributed by atoms with van der Waals surface area (Å²) in [4.78, 5) is 48.6. The lowest BCUT2D eigenvalue weighted by Gasteiger charge is -2.08. The van der Waals surface area contributed by atoms with Gasteiger partial charge in [0.25, 0.3) is 0 Å². The predicted molar refractivity (Wildman–Crippen MR) is 137 cm³/mol. The molecular weight excluding hydrogens is 488 g/mol. The van der Waals surface area contributed by atoms with Crippen molar-refractivity contribution in [2.45, 2.75) is 6.92 Å². The number of methoxy groups -OCH3 is 1. The molecule has 0 amide bonds. The fraction of sp³-hybridized carbons (Fsp3) is 0.0667. The van der Waals surface area contributed by atoms with Crippen LogP contribution in [0.1, 0.15) is 47.0 Å². The van der Waals surface area contributed by atoms with Gasteiger partial charge in [-0.15, -0.1) is 0 Å². The molecule has 0 saturated heterocycles. The molecule has 8 heteroatoms. The van der Waals surface area contributed by atoms with E-state index in [4.69, 9.17) is 14.2 Å². The molecule has 0 bridgehead atoms. The average Bonchev–Trinajstić information content (AvgIpc) is 2.94. The van der Waals surface area contributed by atoms with Gasteiger partial charge in [0, 0.05) is 0 Å². The first-order chi connectivity index (χ1) is 18.3. The molecule has 0 aliphatic heterocycles. The number of benzene rings is 4. The fourth-order valence-corrected chi connectivity index (χ4v) is 3.28. The Hall–Kier alpha value is -5.24. The molecule has 0 spiro atoms. The first-order valence-electron chi connectivity index (χ1n) is 11.4. The Bertz CT molecular complexity index is 1450. The third-order valence-electron chi connectivity index (χ3n) is 5.37. The van der Waals surface area contributed by atoms with E-state index in [1.54, 1.807) is 12.1 Å². The van der Waals surface area contributed by atoms with E-state index in [1.165, 1.54) is 79.9 Å². The summed E-state index contributed by atoms with van der Waals surface area (Å²) in [6.45, 7) is 1.92. The van der Waals surface area contributed by atoms with Gasteiger partial charge in [0.2, 0.25) is 0 Å². The van der Waals surface area contributed by atoms with Crippen LogP contribution in [0.5, 0.6) is 17.2 Å². The average molecular weight is 510 g/mol. The third-order valence-corrected chi connectivity index (χ3v) is 5.37. The molecule has 0 atom stereocenters. The standard InChI is InChI=1S/C30H22O8/c1-19-3-5-21(6-4-19)28(32)36-25-15-9-23(10-16-25)30(34)38-26-17-11-22(12-18-26)29(33)37-24-13-7-20(8-14-24)27(31)35-2/h3-18H,1-2H3. The monoisotopic (exact) mass is 510 g/mol. The number of hydrogen-bond donors (Lipinski definition) is 0. The Morgan fingerprint density at radius 3 is 0.974 bits per heavy atom. The molecule has 4 aromatic carbocycles. The van der Waals surface area contributed by atoms with E-state index in [-0.39, 0.29) is 28.4 Å². The number of hydrogen-bond acceptors (Lipinski definition) is 8. The van der Waals surface area contributed by atoms with E-state index in [0.29, 0.717) is 11.1 Å². The van der Waals surface area contributed by atoms with Crippen LogP contribution in [0.25, 0.3) is 0 Å². The molecule has 0 saturated carbocycles. The van der Waals surface area contributed by atoms with Crippen LogP contribution in [-0.4, -0.2) is 31.0 Å². The van der Waals surface area contributed by atoms with Crippen molar-refractivity contribution in [3.05, 3.63) is 125 Å². The molecule has 4 rings (SSSR count). The van der Waals surface area contributed by atoms with Gasteiger partial charge in [0.1, 0.15) is 17.2 Å². The molecule has 0 radical (unpaired) electrons. The fourth-order valence-electron chi connectivity index (χ4n) is 3.28. The predicted octanol–water partition coefficient (Wildman–Crippen LogP) is 5.44. The lowest BCUT2D eigenvalue weighted by atomic mass is 10.1. The highest BCUT2D eigenvalue weighted by atomic mass is 16.5. The number of aryl methyl sites for hydroxylation is 1. The van der Waals surface area contributed by atoms with E-state index >= 15 is 0 Å². The molecule has 0 unspecified atom stereocenters. The second-order valence-corrected chi connectivity index (χ2v) is 8.10. The molecule has 0 N–H and O–H groups in total. The molecule has 38 heavy (non-hydrogen) atoms. The summed E-state index contributed by atoms with van der Waals surface area (Å²) in [6, 6.07) is 24.7. The number of carbonyl (C=O) groups is 4. The van der Waals surface area contributed by atoms with Crippen molar-refractivity contribution in [2.24, 2.45) is 0 Å². The third kappa shape index (κ3) is 6.50. The van der Waals surface area contributed by atoms with E-state index < -0.39 is 23.9 Å². The maximum atomic E-state index is 12.5. The van der Waals surface area contributed by atoms with Crippen molar-refractivity contribution in [3.63, 3.8) is 0 Å². The molecule has 0 aliphatic carbocycles. The van der Waals surface area contributed by atoms with Crippen molar-refractivity contribution in [3.8, 4) is 17.2 Å². The van der Waals surface area contributed by atoms with Gasteiger partial charge in [-0.2, -0.15) is 0 Å². The Labute approximate surface area is 218 Å². The van der Waals surface area contributed by atoms with Gasteiger partial charge in [-0.25, -0.2) is 19.2 Å². The lowest BCUT2D eigenvalue weighted by Crippen LogP contribution is -2.11. The summed E-state index contributed by atoms with van der Waals surface area (Å²) < 4.78 is 20.6. The van der Waals surface area contributed by atoms with Crippen LogP contribution >= 0.6 is 0 Å². The largest absolute Gasteiger partial charge is 0.465 e. The molecule has 4 aromatic rings. The van der Waals surface area contributed by atoms with Crippen LogP contribution in [0.4, 0.5) is 0 Å². The summed E-state index contributed by atoms with van der Waals surface area (Å²) in [7, 11) is 1.28. The second kappa shape index (κ2) is 11.7. The smallest absolute Gasteiger partial charge is 0.343 e. The Morgan fingerprint density at radius 2 is 0.684 bits per heavy atom. The van der Waals surface area contributed by atoms with Crippen LogP contribution in [0, 0.1) is 6.92 Å². The van der Waals surface area contributed by atoms with Crippen LogP contribution < -0.4 is 14.2 Å². The van der Waals surface area contributed by atoms with E-state index in [1.807, 2.05) is 19.1 Å². The van der Waals surface area contributed by atoms with Crippen LogP contribution in [0.3, 0.4) is 0 Å². The topological polar surface area (TPSA) is 105 Å². The zero-order valence-electron chi connectivity index (χ0n) is 20.5. The minimum atomic E-state index is -0.623. The highest BCUT2D eigenvalue weighted by Gasteiger charge is 2.14. The van der Waals surface area contributed by atoms with Gasteiger partial charge in [-0.3, -0.25) is 0 Å². The summed E-state index contributed by atoms with van der Waals surface area (Å²) >= 11 is 0. The maximum absolute atomic E-state index is 12.5. The molecule has 0 heterocycles. The normalized spacial score (nSPS) is 10.3. The second-order valence-electron chi connectivity index (χ2n) is 8.10. The van der Waals surface area contributed by atoms with E-state index in [9.17, 15) is 19.2 Å². The van der Waals surface area contributed by atoms with Gasteiger partial charge in [0.15, 0.2) is 0 Å². The molecular formula is C30H22O8. The Kier molecular flexibility index (Phi) is 7.93. The summed E-state index contributed by atoms with van der Waals surface area (Å²) in [5.41, 5.74) is 2.27. The van der Waals surface area contributed by atoms with E-state index in [2.05, 4.69) is 4.74 Å². The Balaban J connectivity index is 1.32. The molecule has 0 aliphatic rings. The molecule has 0 fully saturated rings. The quantitative estimate of drug-likeness (QED) is 0.239. The van der Waals surface area contributed by atoms with Gasteiger partial charge in [-0.05, 0) is 91.9 Å². The molecule has 8 nitrogen and oxygen atoms in total. The summed E-state index contributed by atoms with van der Waals surface area (Å²) in [6.07, 6.45) is 0. The SMILES string of the molecule is COC(=O)c1ccc(OC(=O)c2ccc(OC(=O)c3ccc(OC(=O)c4ccc(C)cc4)cc3)cc2)cc1. The van der Waals surface area contributed by atoms with Crippen LogP contribution in [0.2, 0.25) is 0 Å². The highest BCUT2D eigenvalue weighted by molar-refractivity contribution is 5.94. The minimum absolute atomic E-state index is 0.226. The minimum Gasteiger partial charge on any atom is -0.465 e. The molecule has 190 valence electrons. The first-order valence-corrected chi connectivity index (χ1v) is 11.4. The van der Waals surface area contributed by atoms with Crippen molar-refractivity contribution in [2.75, 3.05) is 7.11 Å². The lowest BCUT2D eigenvalue weighted by molar-refractivity contribution is 0.0599. The van der Waals surface area contributed by atoms with Crippen molar-refractivity contribution >= 4 is 23.9 Å². The first kappa shape index (κ1) is 25.8. The van der Waals surface area contributed by atoms with Gasteiger partial charge in [-0.1, -0.05) is 17.7 Å². The molecule has 0 aromatic heterocycles. The maximum Gasteiger partial charge on any atom is 0.343 e. The number of rotatable bonds is 7. The number of carbonyl (C=O) groups excluding carboxylic acids is 4. The van der Waals surface area contributed by atoms with Crippen molar-refractivity contribution in [1.29, 1.82) is 0 Å². The number of ether oxygens (including phenoxy) is 4. The van der Waals surface area contributed by atoms with Gasteiger partial charge < -0.3 is 18.9 Å². The van der Waals surface area contributed by atoms with Crippen LogP contribution in [-0.2, 0) is 4.74 Å². The van der Waals surface area contributed by atoms with Crippen molar-refractivity contribution < 1.29 is 38.1 Å². The highest BCUT2D eigenvalue weighted by Crippen LogP contribution is 2.20. The summed E-state index contributed by atoms with van der Waals surface area (Å²) in [5.74, 6) is -1.47. The summed E-state index contributed by atoms with van der Waals surface area (Å²) in [5, 5.41) is 0. The Morgan fingerprint density at radius 1 is 0.421 bits per heavy atom.